The van der Waals surface area contributed by atoms with Gasteiger partial charge >= 0.3 is 0 Å². The van der Waals surface area contributed by atoms with Gasteiger partial charge in [0.15, 0.2) is 5.58 Å². The van der Waals surface area contributed by atoms with Gasteiger partial charge in [-0.1, -0.05) is 18.2 Å². The van der Waals surface area contributed by atoms with Crippen molar-refractivity contribution in [1.29, 1.82) is 0 Å². The molecule has 0 saturated carbocycles. The molecule has 3 heterocycles. The van der Waals surface area contributed by atoms with Gasteiger partial charge in [-0.05, 0) is 42.8 Å². The van der Waals surface area contributed by atoms with Crippen molar-refractivity contribution < 1.29 is 17.8 Å². The molecule has 5 rings (SSSR count). The number of hydrogen-bond acceptors (Lipinski definition) is 2. The van der Waals surface area contributed by atoms with E-state index in [1.807, 2.05) is 65.8 Å². The Hall–Kier alpha value is -3.54. The average Bonchev–Trinajstić information content (AvgIpc) is 3.23. The molecule has 4 nitrogen and oxygen atoms in total. The minimum atomic E-state index is -0.663. The smallest absolute Gasteiger partial charge is 0.297 e. The van der Waals surface area contributed by atoms with E-state index in [0.717, 1.165) is 22.6 Å². The van der Waals surface area contributed by atoms with Gasteiger partial charge in [0, 0.05) is 0 Å². The van der Waals surface area contributed by atoms with Gasteiger partial charge in [0.05, 0.1) is 17.8 Å². The van der Waals surface area contributed by atoms with Crippen LogP contribution in [0.3, 0.4) is 0 Å². The lowest BCUT2D eigenvalue weighted by molar-refractivity contribution is -0.659. The number of hydrogen-bond donors (Lipinski definition) is 0. The molecule has 5 aromatic rings. The van der Waals surface area contributed by atoms with Crippen molar-refractivity contribution in [3.63, 3.8) is 0 Å². The minimum absolute atomic E-state index is 0.0845. The van der Waals surface area contributed by atoms with Crippen molar-refractivity contribution in [2.45, 2.75) is 6.92 Å². The number of para-hydroxylation sites is 1. The molecule has 0 fully saturated rings. The first-order chi connectivity index (χ1) is 13.5. The highest BCUT2D eigenvalue weighted by Gasteiger charge is 2.28. The van der Waals surface area contributed by atoms with E-state index >= 15 is 0 Å². The van der Waals surface area contributed by atoms with E-state index in [9.17, 15) is 8.78 Å². The lowest BCUT2D eigenvalue weighted by Crippen LogP contribution is -2.29. The molecule has 0 aliphatic carbocycles. The number of furan rings is 1. The zero-order chi connectivity index (χ0) is 19.4. The lowest BCUT2D eigenvalue weighted by atomic mass is 10.0. The van der Waals surface area contributed by atoms with E-state index in [0.29, 0.717) is 16.4 Å². The maximum Gasteiger partial charge on any atom is 0.297 e. The third-order valence-corrected chi connectivity index (χ3v) is 4.98. The maximum absolute atomic E-state index is 14.9. The van der Waals surface area contributed by atoms with Gasteiger partial charge in [-0.25, -0.2) is 8.96 Å². The Kier molecular flexibility index (Phi) is 3.55. The summed E-state index contributed by atoms with van der Waals surface area (Å²) >= 11 is 0. The summed E-state index contributed by atoms with van der Waals surface area (Å²) in [6.45, 7) is 1.83. The summed E-state index contributed by atoms with van der Waals surface area (Å²) in [5, 5.41) is 0.763. The molecule has 0 N–H and O–H groups in total. The predicted molar refractivity (Wildman–Crippen MR) is 102 cm³/mol. The fourth-order valence-electron chi connectivity index (χ4n) is 3.73. The van der Waals surface area contributed by atoms with Crippen LogP contribution >= 0.6 is 0 Å². The van der Waals surface area contributed by atoms with Crippen LogP contribution in [-0.2, 0) is 7.05 Å². The molecule has 0 amide bonds. The van der Waals surface area contributed by atoms with Crippen LogP contribution < -0.4 is 4.57 Å². The Labute approximate surface area is 159 Å². The highest BCUT2D eigenvalue weighted by atomic mass is 19.1. The van der Waals surface area contributed by atoms with E-state index in [1.165, 1.54) is 18.2 Å². The monoisotopic (exact) mass is 376 g/mol. The van der Waals surface area contributed by atoms with Crippen molar-refractivity contribution in [2.75, 3.05) is 0 Å². The molecule has 6 heteroatoms. The summed E-state index contributed by atoms with van der Waals surface area (Å²) < 4.78 is 38.3. The van der Waals surface area contributed by atoms with Crippen LogP contribution in [-0.4, -0.2) is 9.55 Å². The van der Waals surface area contributed by atoms with Crippen molar-refractivity contribution in [3.05, 3.63) is 78.3 Å². The van der Waals surface area contributed by atoms with Gasteiger partial charge in [0.25, 0.3) is 5.82 Å². The summed E-state index contributed by atoms with van der Waals surface area (Å²) in [7, 11) is 1.92. The third kappa shape index (κ3) is 2.34. The second-order valence-electron chi connectivity index (χ2n) is 6.78. The number of fused-ring (bicyclic) bond motifs is 3. The van der Waals surface area contributed by atoms with Gasteiger partial charge in [-0.2, -0.15) is 13.9 Å². The molecule has 0 atom stereocenters. The molecule has 0 aliphatic rings. The van der Waals surface area contributed by atoms with Gasteiger partial charge in [-0.15, -0.1) is 0 Å². The highest BCUT2D eigenvalue weighted by Crippen LogP contribution is 2.38. The minimum Gasteiger partial charge on any atom is -0.437 e. The predicted octanol–water partition coefficient (Wildman–Crippen LogP) is 4.85. The van der Waals surface area contributed by atoms with Crippen LogP contribution in [0, 0.1) is 18.7 Å². The van der Waals surface area contributed by atoms with E-state index in [2.05, 4.69) is 4.98 Å². The van der Waals surface area contributed by atoms with Gasteiger partial charge in [0.2, 0.25) is 11.7 Å². The number of nitrogens with zero attached hydrogens (tertiary/aromatic N) is 3. The van der Waals surface area contributed by atoms with Crippen molar-refractivity contribution in [1.82, 2.24) is 9.55 Å². The molecule has 0 unspecified atom stereocenters. The summed E-state index contributed by atoms with van der Waals surface area (Å²) in [5.41, 5.74) is 2.87. The second kappa shape index (κ2) is 5.99. The molecular formula is C22H16F2N3O+. The summed E-state index contributed by atoms with van der Waals surface area (Å²) in [4.78, 5) is 3.80. The molecule has 3 aromatic heterocycles. The number of halogens is 2. The van der Waals surface area contributed by atoms with Crippen LogP contribution in [0.4, 0.5) is 8.78 Å². The standard InChI is InChI=1S/C22H16F2N3O/c1-13-12-16(23)19-15-8-9-17(24)25-21(15)28-20(19)18(13)22-26(2)10-11-27(22)14-6-4-3-5-7-14/h3-12H,1-2H3/q+1. The molecule has 28 heavy (non-hydrogen) atoms. The molecule has 138 valence electrons. The first-order valence-electron chi connectivity index (χ1n) is 8.85. The number of imidazole rings is 1. The number of benzene rings is 2. The molecule has 2 aromatic carbocycles. The Balaban J connectivity index is 1.91. The van der Waals surface area contributed by atoms with Crippen LogP contribution in [0.1, 0.15) is 5.56 Å². The van der Waals surface area contributed by atoms with Gasteiger partial charge in [-0.3, -0.25) is 0 Å². The molecule has 0 aliphatic heterocycles. The quantitative estimate of drug-likeness (QED) is 0.326. The number of aromatic nitrogens is 3. The third-order valence-electron chi connectivity index (χ3n) is 4.98. The number of pyridine rings is 1. The maximum atomic E-state index is 14.9. The number of aryl methyl sites for hydroxylation is 2. The lowest BCUT2D eigenvalue weighted by Gasteiger charge is -2.07. The number of rotatable bonds is 2. The van der Waals surface area contributed by atoms with E-state index < -0.39 is 11.8 Å². The SMILES string of the molecule is Cc1cc(F)c2c(oc3nc(F)ccc32)c1-c1n(-c2ccccc2)cc[n+]1C. The first kappa shape index (κ1) is 16.6. The normalized spacial score (nSPS) is 11.6. The van der Waals surface area contributed by atoms with Crippen LogP contribution in [0.5, 0.6) is 0 Å². The topological polar surface area (TPSA) is 34.8 Å². The largest absolute Gasteiger partial charge is 0.437 e. The summed E-state index contributed by atoms with van der Waals surface area (Å²) in [5.74, 6) is -0.249. The summed E-state index contributed by atoms with van der Waals surface area (Å²) in [6, 6.07) is 14.1. The Morgan fingerprint density at radius 3 is 2.64 bits per heavy atom. The molecule has 0 radical (unpaired) electrons. The molecule has 0 spiro atoms. The fraction of sp³-hybridized carbons (Fsp3) is 0.0909. The van der Waals surface area contributed by atoms with E-state index in [4.69, 9.17) is 4.42 Å². The fourth-order valence-corrected chi connectivity index (χ4v) is 3.73. The van der Waals surface area contributed by atoms with E-state index in [1.54, 1.807) is 0 Å². The Morgan fingerprint density at radius 2 is 1.86 bits per heavy atom. The Bertz CT molecular complexity index is 1350. The van der Waals surface area contributed by atoms with Crippen LogP contribution in [0.25, 0.3) is 39.1 Å². The second-order valence-corrected chi connectivity index (χ2v) is 6.78. The Morgan fingerprint density at radius 1 is 1.07 bits per heavy atom. The van der Waals surface area contributed by atoms with Crippen molar-refractivity contribution in [2.24, 2.45) is 7.05 Å². The zero-order valence-electron chi connectivity index (χ0n) is 15.3. The molecule has 0 bridgehead atoms. The van der Waals surface area contributed by atoms with Gasteiger partial charge in [0.1, 0.15) is 29.5 Å². The van der Waals surface area contributed by atoms with Gasteiger partial charge < -0.3 is 4.42 Å². The highest BCUT2D eigenvalue weighted by molar-refractivity contribution is 6.08. The molecule has 0 saturated heterocycles. The first-order valence-corrected chi connectivity index (χ1v) is 8.85. The average molecular weight is 376 g/mol. The van der Waals surface area contributed by atoms with Crippen molar-refractivity contribution >= 4 is 22.1 Å². The molecular weight excluding hydrogens is 360 g/mol. The van der Waals surface area contributed by atoms with Crippen LogP contribution in [0.15, 0.2) is 65.3 Å². The van der Waals surface area contributed by atoms with E-state index in [-0.39, 0.29) is 5.71 Å². The summed E-state index contributed by atoms with van der Waals surface area (Å²) in [6.07, 6.45) is 3.87. The zero-order valence-corrected chi connectivity index (χ0v) is 15.3. The van der Waals surface area contributed by atoms with Crippen LogP contribution in [0.2, 0.25) is 0 Å². The van der Waals surface area contributed by atoms with Crippen molar-refractivity contribution in [3.8, 4) is 17.1 Å².